The van der Waals surface area contributed by atoms with E-state index in [0.717, 1.165) is 0 Å². The van der Waals surface area contributed by atoms with Gasteiger partial charge in [0, 0.05) is 4.47 Å². The molecule has 0 aliphatic heterocycles. The van der Waals surface area contributed by atoms with Gasteiger partial charge in [-0.25, -0.2) is 4.79 Å². The number of furan rings is 1. The van der Waals surface area contributed by atoms with Crippen molar-refractivity contribution in [1.29, 1.82) is 0 Å². The maximum atomic E-state index is 11.6. The Kier molecular flexibility index (Phi) is 4.99. The summed E-state index contributed by atoms with van der Waals surface area (Å²) in [5.41, 5.74) is -0.00275. The van der Waals surface area contributed by atoms with Gasteiger partial charge in [-0.2, -0.15) is 0 Å². The highest BCUT2D eigenvalue weighted by Crippen LogP contribution is 2.23. The van der Waals surface area contributed by atoms with Crippen LogP contribution >= 0.6 is 15.9 Å². The van der Waals surface area contributed by atoms with Crippen molar-refractivity contribution >= 4 is 27.8 Å². The van der Waals surface area contributed by atoms with Crippen LogP contribution < -0.4 is 10.1 Å². The molecule has 1 amide bonds. The number of aromatic carboxylic acids is 1. The first-order valence-corrected chi connectivity index (χ1v) is 6.80. The molecular weight excluding hydrogens is 342 g/mol. The first kappa shape index (κ1) is 15.1. The van der Waals surface area contributed by atoms with Crippen LogP contribution in [0.15, 0.2) is 45.5 Å². The van der Waals surface area contributed by atoms with Gasteiger partial charge >= 0.3 is 5.97 Å². The molecule has 7 heteroatoms. The second kappa shape index (κ2) is 6.94. The van der Waals surface area contributed by atoms with E-state index in [-0.39, 0.29) is 30.4 Å². The number of carboxylic acid groups (broad SMARTS) is 1. The average Bonchev–Trinajstić information content (AvgIpc) is 2.96. The Balaban J connectivity index is 1.91. The van der Waals surface area contributed by atoms with Crippen LogP contribution in [0.5, 0.6) is 5.75 Å². The SMILES string of the molecule is O=C(COc1cc(Br)ccc1C(=O)O)NCc1ccco1. The van der Waals surface area contributed by atoms with E-state index in [1.54, 1.807) is 18.2 Å². The summed E-state index contributed by atoms with van der Waals surface area (Å²) in [6, 6.07) is 7.95. The van der Waals surface area contributed by atoms with Crippen molar-refractivity contribution < 1.29 is 23.8 Å². The normalized spacial score (nSPS) is 10.1. The largest absolute Gasteiger partial charge is 0.483 e. The molecule has 0 saturated heterocycles. The summed E-state index contributed by atoms with van der Waals surface area (Å²) < 4.78 is 11.0. The van der Waals surface area contributed by atoms with Gasteiger partial charge in [-0.3, -0.25) is 4.79 Å². The van der Waals surface area contributed by atoms with E-state index in [9.17, 15) is 9.59 Å². The first-order chi connectivity index (χ1) is 10.1. The van der Waals surface area contributed by atoms with E-state index in [2.05, 4.69) is 21.2 Å². The van der Waals surface area contributed by atoms with Crippen molar-refractivity contribution in [3.8, 4) is 5.75 Å². The molecule has 110 valence electrons. The second-order valence-electron chi connectivity index (χ2n) is 4.09. The zero-order valence-electron chi connectivity index (χ0n) is 10.8. The highest BCUT2D eigenvalue weighted by atomic mass is 79.9. The number of hydrogen-bond acceptors (Lipinski definition) is 4. The minimum Gasteiger partial charge on any atom is -0.483 e. The molecule has 1 heterocycles. The van der Waals surface area contributed by atoms with E-state index < -0.39 is 5.97 Å². The lowest BCUT2D eigenvalue weighted by Crippen LogP contribution is -2.28. The van der Waals surface area contributed by atoms with Gasteiger partial charge in [0.15, 0.2) is 6.61 Å². The molecule has 2 aromatic rings. The quantitative estimate of drug-likeness (QED) is 0.832. The number of halogens is 1. The Labute approximate surface area is 128 Å². The fourth-order valence-electron chi connectivity index (χ4n) is 1.59. The lowest BCUT2D eigenvalue weighted by molar-refractivity contribution is -0.123. The fraction of sp³-hybridized carbons (Fsp3) is 0.143. The molecule has 0 radical (unpaired) electrons. The molecule has 0 aliphatic carbocycles. The molecule has 0 fully saturated rings. The van der Waals surface area contributed by atoms with Crippen molar-refractivity contribution in [1.82, 2.24) is 5.32 Å². The zero-order chi connectivity index (χ0) is 15.2. The number of ether oxygens (including phenoxy) is 1. The van der Waals surface area contributed by atoms with E-state index in [0.29, 0.717) is 10.2 Å². The Morgan fingerprint density at radius 1 is 1.33 bits per heavy atom. The van der Waals surface area contributed by atoms with Crippen molar-refractivity contribution in [2.45, 2.75) is 6.54 Å². The number of amides is 1. The lowest BCUT2D eigenvalue weighted by Gasteiger charge is -2.09. The van der Waals surface area contributed by atoms with E-state index in [1.165, 1.54) is 18.4 Å². The molecule has 2 rings (SSSR count). The number of rotatable bonds is 6. The predicted molar refractivity (Wildman–Crippen MR) is 77.2 cm³/mol. The molecule has 21 heavy (non-hydrogen) atoms. The molecule has 6 nitrogen and oxygen atoms in total. The third-order valence-corrected chi connectivity index (χ3v) is 3.07. The average molecular weight is 354 g/mol. The van der Waals surface area contributed by atoms with Crippen molar-refractivity contribution in [3.63, 3.8) is 0 Å². The molecule has 0 atom stereocenters. The predicted octanol–water partition coefficient (Wildman–Crippen LogP) is 2.44. The number of carboxylic acids is 1. The zero-order valence-corrected chi connectivity index (χ0v) is 12.4. The van der Waals surface area contributed by atoms with Crippen molar-refractivity contribution in [3.05, 3.63) is 52.4 Å². The van der Waals surface area contributed by atoms with Crippen LogP contribution in [0.1, 0.15) is 16.1 Å². The summed E-state index contributed by atoms with van der Waals surface area (Å²) in [6.07, 6.45) is 1.51. The maximum absolute atomic E-state index is 11.6. The summed E-state index contributed by atoms with van der Waals surface area (Å²) in [5, 5.41) is 11.6. The van der Waals surface area contributed by atoms with Gasteiger partial charge in [-0.05, 0) is 30.3 Å². The van der Waals surface area contributed by atoms with E-state index >= 15 is 0 Å². The Morgan fingerprint density at radius 3 is 2.81 bits per heavy atom. The molecule has 1 aromatic heterocycles. The van der Waals surface area contributed by atoms with Gasteiger partial charge in [0.2, 0.25) is 0 Å². The number of benzene rings is 1. The highest BCUT2D eigenvalue weighted by molar-refractivity contribution is 9.10. The third kappa shape index (κ3) is 4.35. The molecule has 0 saturated carbocycles. The van der Waals surface area contributed by atoms with E-state index in [1.807, 2.05) is 0 Å². The Bertz CT molecular complexity index is 639. The molecule has 2 N–H and O–H groups in total. The number of carbonyl (C=O) groups excluding carboxylic acids is 1. The van der Waals surface area contributed by atoms with Crippen LogP contribution in [-0.2, 0) is 11.3 Å². The molecule has 0 bridgehead atoms. The summed E-state index contributed by atoms with van der Waals surface area (Å²) in [5.74, 6) is -0.738. The Morgan fingerprint density at radius 2 is 2.14 bits per heavy atom. The first-order valence-electron chi connectivity index (χ1n) is 6.01. The summed E-state index contributed by atoms with van der Waals surface area (Å²) >= 11 is 3.22. The topological polar surface area (TPSA) is 88.8 Å². The van der Waals surface area contributed by atoms with Gasteiger partial charge in [-0.1, -0.05) is 15.9 Å². The molecule has 0 aliphatic rings. The monoisotopic (exact) mass is 353 g/mol. The number of nitrogens with one attached hydrogen (secondary N) is 1. The third-order valence-electron chi connectivity index (χ3n) is 2.57. The van der Waals surface area contributed by atoms with Gasteiger partial charge in [0.05, 0.1) is 12.8 Å². The standard InChI is InChI=1S/C14H12BrNO5/c15-9-3-4-11(14(18)19)12(6-9)21-8-13(17)16-7-10-2-1-5-20-10/h1-6H,7-8H2,(H,16,17)(H,18,19). The van der Waals surface area contributed by atoms with Crippen molar-refractivity contribution in [2.24, 2.45) is 0 Å². The minimum atomic E-state index is -1.12. The molecule has 1 aromatic carbocycles. The second-order valence-corrected chi connectivity index (χ2v) is 5.01. The molecule has 0 unspecified atom stereocenters. The van der Waals surface area contributed by atoms with Gasteiger partial charge in [0.25, 0.3) is 5.91 Å². The smallest absolute Gasteiger partial charge is 0.339 e. The number of hydrogen-bond donors (Lipinski definition) is 2. The summed E-state index contributed by atoms with van der Waals surface area (Å²) in [6.45, 7) is -0.0308. The van der Waals surface area contributed by atoms with Crippen LogP contribution in [0.3, 0.4) is 0 Å². The van der Waals surface area contributed by atoms with Crippen LogP contribution in [0.2, 0.25) is 0 Å². The summed E-state index contributed by atoms with van der Waals surface area (Å²) in [7, 11) is 0. The van der Waals surface area contributed by atoms with Crippen LogP contribution in [-0.4, -0.2) is 23.6 Å². The molecular formula is C14H12BrNO5. The van der Waals surface area contributed by atoms with Gasteiger partial charge in [0.1, 0.15) is 17.1 Å². The van der Waals surface area contributed by atoms with Crippen LogP contribution in [0, 0.1) is 0 Å². The van der Waals surface area contributed by atoms with E-state index in [4.69, 9.17) is 14.3 Å². The maximum Gasteiger partial charge on any atom is 0.339 e. The lowest BCUT2D eigenvalue weighted by atomic mass is 10.2. The van der Waals surface area contributed by atoms with Crippen LogP contribution in [0.4, 0.5) is 0 Å². The van der Waals surface area contributed by atoms with Gasteiger partial charge < -0.3 is 19.6 Å². The number of carbonyl (C=O) groups is 2. The summed E-state index contributed by atoms with van der Waals surface area (Å²) in [4.78, 5) is 22.7. The molecule has 0 spiro atoms. The minimum absolute atomic E-state index is 0.00275. The van der Waals surface area contributed by atoms with Gasteiger partial charge in [-0.15, -0.1) is 0 Å². The Hall–Kier alpha value is -2.28. The van der Waals surface area contributed by atoms with Crippen LogP contribution in [0.25, 0.3) is 0 Å². The van der Waals surface area contributed by atoms with Crippen molar-refractivity contribution in [2.75, 3.05) is 6.61 Å². The fourth-order valence-corrected chi connectivity index (χ4v) is 1.93. The highest BCUT2D eigenvalue weighted by Gasteiger charge is 2.13.